The lowest BCUT2D eigenvalue weighted by Gasteiger charge is -2.42. The molecular formula is C16H25N3O3. The van der Waals surface area contributed by atoms with Gasteiger partial charge in [-0.05, 0) is 38.1 Å². The van der Waals surface area contributed by atoms with Gasteiger partial charge in [0.2, 0.25) is 0 Å². The van der Waals surface area contributed by atoms with Crippen molar-refractivity contribution in [3.8, 4) is 0 Å². The second-order valence-corrected chi connectivity index (χ2v) is 6.62. The number of nitrogens with one attached hydrogen (secondary N) is 1. The van der Waals surface area contributed by atoms with Crippen LogP contribution in [0.15, 0.2) is 18.3 Å². The van der Waals surface area contributed by atoms with Gasteiger partial charge in [0.1, 0.15) is 6.10 Å². The fourth-order valence-electron chi connectivity index (χ4n) is 3.98. The van der Waals surface area contributed by atoms with Crippen molar-refractivity contribution >= 4 is 0 Å². The van der Waals surface area contributed by atoms with Crippen LogP contribution < -0.4 is 5.32 Å². The van der Waals surface area contributed by atoms with E-state index in [1.807, 2.05) is 19.3 Å². The van der Waals surface area contributed by atoms with Gasteiger partial charge in [-0.2, -0.15) is 0 Å². The molecule has 122 valence electrons. The Kier molecular flexibility index (Phi) is 3.96. The predicted octanol–water partition coefficient (Wildman–Crippen LogP) is 0.0637. The van der Waals surface area contributed by atoms with E-state index in [1.165, 1.54) is 18.5 Å². The monoisotopic (exact) mass is 307 g/mol. The maximum Gasteiger partial charge on any atom is 0.176 e. The second kappa shape index (κ2) is 5.94. The zero-order valence-corrected chi connectivity index (χ0v) is 13.0. The Morgan fingerprint density at radius 3 is 2.91 bits per heavy atom. The molecule has 2 N–H and O–H groups in total. The van der Waals surface area contributed by atoms with Crippen LogP contribution in [-0.2, 0) is 23.1 Å². The van der Waals surface area contributed by atoms with Crippen molar-refractivity contribution in [3.63, 3.8) is 0 Å². The van der Waals surface area contributed by atoms with Crippen LogP contribution >= 0.6 is 0 Å². The molecule has 0 spiro atoms. The van der Waals surface area contributed by atoms with Crippen LogP contribution in [0, 0.1) is 0 Å². The van der Waals surface area contributed by atoms with Gasteiger partial charge in [0.15, 0.2) is 6.29 Å². The second-order valence-electron chi connectivity index (χ2n) is 6.62. The molecular weight excluding hydrogens is 282 g/mol. The van der Waals surface area contributed by atoms with E-state index >= 15 is 0 Å². The summed E-state index contributed by atoms with van der Waals surface area (Å²) in [5.41, 5.74) is 1.20. The van der Waals surface area contributed by atoms with Gasteiger partial charge >= 0.3 is 0 Å². The Morgan fingerprint density at radius 1 is 1.36 bits per heavy atom. The molecule has 4 heterocycles. The van der Waals surface area contributed by atoms with Crippen LogP contribution in [0.4, 0.5) is 0 Å². The maximum atomic E-state index is 10.9. The van der Waals surface area contributed by atoms with Gasteiger partial charge < -0.3 is 24.5 Å². The molecule has 0 aliphatic carbocycles. The number of likely N-dealkylation sites (tertiary alicyclic amines) is 1. The van der Waals surface area contributed by atoms with E-state index < -0.39 is 6.10 Å². The van der Waals surface area contributed by atoms with E-state index in [2.05, 4.69) is 20.9 Å². The highest BCUT2D eigenvalue weighted by atomic mass is 16.7. The molecule has 0 aromatic carbocycles. The number of aliphatic hydroxyl groups is 1. The van der Waals surface area contributed by atoms with E-state index in [0.717, 1.165) is 19.6 Å². The number of aryl methyl sites for hydroxylation is 1. The van der Waals surface area contributed by atoms with E-state index in [9.17, 15) is 5.11 Å². The van der Waals surface area contributed by atoms with E-state index in [0.29, 0.717) is 6.61 Å². The number of ether oxygens (including phenoxy) is 2. The molecule has 0 radical (unpaired) electrons. The molecule has 0 unspecified atom stereocenters. The van der Waals surface area contributed by atoms with Gasteiger partial charge in [0.25, 0.3) is 0 Å². The Morgan fingerprint density at radius 2 is 2.18 bits per heavy atom. The van der Waals surface area contributed by atoms with Crippen molar-refractivity contribution in [2.24, 2.45) is 7.05 Å². The molecule has 0 amide bonds. The van der Waals surface area contributed by atoms with Gasteiger partial charge in [0.05, 0.1) is 24.8 Å². The molecule has 2 bridgehead atoms. The Balaban J connectivity index is 1.47. The normalized spacial score (nSPS) is 38.7. The van der Waals surface area contributed by atoms with Gasteiger partial charge in [-0.3, -0.25) is 4.90 Å². The van der Waals surface area contributed by atoms with Crippen molar-refractivity contribution in [1.82, 2.24) is 14.8 Å². The van der Waals surface area contributed by atoms with E-state index in [4.69, 9.17) is 9.47 Å². The van der Waals surface area contributed by atoms with Crippen LogP contribution in [0.1, 0.15) is 18.5 Å². The minimum atomic E-state index is -0.454. The molecule has 3 aliphatic heterocycles. The Labute approximate surface area is 131 Å². The highest BCUT2D eigenvalue weighted by molar-refractivity contribution is 5.08. The molecule has 3 saturated heterocycles. The first-order valence-electron chi connectivity index (χ1n) is 8.27. The van der Waals surface area contributed by atoms with Crippen molar-refractivity contribution in [2.45, 2.75) is 50.0 Å². The largest absolute Gasteiger partial charge is 0.390 e. The Hall–Kier alpha value is -0.920. The lowest BCUT2D eigenvalue weighted by molar-refractivity contribution is -0.179. The summed E-state index contributed by atoms with van der Waals surface area (Å²) in [6.07, 6.45) is 3.64. The predicted molar refractivity (Wildman–Crippen MR) is 81.3 cm³/mol. The Bertz CT molecular complexity index is 512. The third kappa shape index (κ3) is 2.49. The van der Waals surface area contributed by atoms with Crippen molar-refractivity contribution in [2.75, 3.05) is 19.7 Å². The lowest BCUT2D eigenvalue weighted by atomic mass is 9.95. The number of aliphatic hydroxyl groups excluding tert-OH is 1. The fraction of sp³-hybridized carbons (Fsp3) is 0.750. The molecule has 22 heavy (non-hydrogen) atoms. The standard InChI is InChI=1S/C16H25N3O3/c1-18-6-4-5-11(18)9-17-13-12-10-21-16(22-12)14(15(13)20)19-7-2-3-8-19/h4-6,12-17,20H,2-3,7-10H2,1H3/t12-,13-,14+,15-,16+/m0/s1. The lowest BCUT2D eigenvalue weighted by Crippen LogP contribution is -2.64. The first-order chi connectivity index (χ1) is 10.7. The topological polar surface area (TPSA) is 58.9 Å². The summed E-state index contributed by atoms with van der Waals surface area (Å²) < 4.78 is 13.9. The quantitative estimate of drug-likeness (QED) is 0.824. The van der Waals surface area contributed by atoms with Crippen molar-refractivity contribution < 1.29 is 14.6 Å². The summed E-state index contributed by atoms with van der Waals surface area (Å²) in [4.78, 5) is 2.33. The third-order valence-corrected chi connectivity index (χ3v) is 5.26. The number of rotatable bonds is 4. The summed E-state index contributed by atoms with van der Waals surface area (Å²) in [7, 11) is 2.03. The molecule has 1 aromatic heterocycles. The highest BCUT2D eigenvalue weighted by Gasteiger charge is 2.52. The first-order valence-corrected chi connectivity index (χ1v) is 8.27. The molecule has 0 saturated carbocycles. The van der Waals surface area contributed by atoms with E-state index in [-0.39, 0.29) is 24.5 Å². The summed E-state index contributed by atoms with van der Waals surface area (Å²) in [6.45, 7) is 3.35. The molecule has 3 fully saturated rings. The zero-order valence-electron chi connectivity index (χ0n) is 13.0. The number of aromatic nitrogens is 1. The summed E-state index contributed by atoms with van der Waals surface area (Å²) in [5.74, 6) is 0. The maximum absolute atomic E-state index is 10.9. The number of fused-ring (bicyclic) bond motifs is 2. The van der Waals surface area contributed by atoms with E-state index in [1.54, 1.807) is 0 Å². The SMILES string of the molecule is Cn1cccc1CN[C@@H]1[C@H](O)[C@@H](N2CCCC2)[C@@H]2OC[C@@H]1O2. The van der Waals surface area contributed by atoms with Crippen LogP contribution in [0.25, 0.3) is 0 Å². The van der Waals surface area contributed by atoms with Gasteiger partial charge in [-0.25, -0.2) is 0 Å². The first kappa shape index (κ1) is 14.7. The summed E-state index contributed by atoms with van der Waals surface area (Å²) in [6, 6.07) is 3.99. The molecule has 1 aromatic rings. The molecule has 5 atom stereocenters. The summed E-state index contributed by atoms with van der Waals surface area (Å²) >= 11 is 0. The van der Waals surface area contributed by atoms with Crippen LogP contribution in [-0.4, -0.2) is 64.9 Å². The van der Waals surface area contributed by atoms with Gasteiger partial charge in [-0.1, -0.05) is 0 Å². The van der Waals surface area contributed by atoms with Gasteiger partial charge in [0, 0.05) is 25.5 Å². The van der Waals surface area contributed by atoms with Crippen LogP contribution in [0.3, 0.4) is 0 Å². The number of hydrogen-bond acceptors (Lipinski definition) is 5. The summed E-state index contributed by atoms with van der Waals surface area (Å²) in [5, 5.41) is 14.4. The molecule has 6 nitrogen and oxygen atoms in total. The van der Waals surface area contributed by atoms with Crippen LogP contribution in [0.5, 0.6) is 0 Å². The number of nitrogens with zero attached hydrogens (tertiary/aromatic N) is 2. The molecule has 6 heteroatoms. The third-order valence-electron chi connectivity index (χ3n) is 5.26. The zero-order chi connectivity index (χ0) is 15.1. The minimum Gasteiger partial charge on any atom is -0.390 e. The fourth-order valence-corrected chi connectivity index (χ4v) is 3.98. The highest BCUT2D eigenvalue weighted by Crippen LogP contribution is 2.33. The minimum absolute atomic E-state index is 0.0489. The van der Waals surface area contributed by atoms with Crippen molar-refractivity contribution in [1.29, 1.82) is 0 Å². The number of hydrogen-bond donors (Lipinski definition) is 2. The smallest absolute Gasteiger partial charge is 0.176 e. The van der Waals surface area contributed by atoms with Gasteiger partial charge in [-0.15, -0.1) is 0 Å². The van der Waals surface area contributed by atoms with Crippen molar-refractivity contribution in [3.05, 3.63) is 24.0 Å². The average molecular weight is 307 g/mol. The molecule has 4 rings (SSSR count). The molecule has 3 aliphatic rings. The average Bonchev–Trinajstić information content (AvgIpc) is 3.22. The van der Waals surface area contributed by atoms with Crippen LogP contribution in [0.2, 0.25) is 0 Å².